The number of carbonyl (C=O) groups is 1. The Morgan fingerprint density at radius 3 is 2.30 bits per heavy atom. The quantitative estimate of drug-likeness (QED) is 0.719. The molecule has 0 aliphatic carbocycles. The van der Waals surface area contributed by atoms with Crippen LogP contribution in [0.1, 0.15) is 38.4 Å². The number of rotatable bonds is 7. The molecule has 4 heteroatoms. The van der Waals surface area contributed by atoms with E-state index in [1.807, 2.05) is 44.2 Å². The summed E-state index contributed by atoms with van der Waals surface area (Å²) < 4.78 is 5.62. The van der Waals surface area contributed by atoms with E-state index in [-0.39, 0.29) is 30.4 Å². The molecule has 114 valence electrons. The Kier molecular flexibility index (Phi) is 9.26. The molecule has 0 aliphatic heterocycles. The first-order valence-corrected chi connectivity index (χ1v) is 6.91. The van der Waals surface area contributed by atoms with E-state index < -0.39 is 0 Å². The van der Waals surface area contributed by atoms with Crippen molar-refractivity contribution in [2.45, 2.75) is 32.8 Å². The zero-order valence-electron chi connectivity index (χ0n) is 12.8. The minimum atomic E-state index is -0.129. The SMILES string of the molecule is CC(C)C(=O)OC(CCCN(C)C)c1ccccc1.Cl. The van der Waals surface area contributed by atoms with E-state index in [0.717, 1.165) is 24.9 Å². The molecule has 0 heterocycles. The van der Waals surface area contributed by atoms with Gasteiger partial charge in [0.05, 0.1) is 5.92 Å². The van der Waals surface area contributed by atoms with Crippen LogP contribution in [0.2, 0.25) is 0 Å². The van der Waals surface area contributed by atoms with Crippen molar-refractivity contribution in [3.8, 4) is 0 Å². The van der Waals surface area contributed by atoms with Crippen LogP contribution in [0, 0.1) is 5.92 Å². The fourth-order valence-electron chi connectivity index (χ4n) is 1.83. The molecule has 0 saturated carbocycles. The molecule has 1 rings (SSSR count). The molecule has 0 saturated heterocycles. The third-order valence-electron chi connectivity index (χ3n) is 2.97. The topological polar surface area (TPSA) is 29.5 Å². The molecule has 1 aromatic carbocycles. The number of nitrogens with zero attached hydrogens (tertiary/aromatic N) is 1. The first kappa shape index (κ1) is 18.9. The van der Waals surface area contributed by atoms with Crippen molar-refractivity contribution in [3.63, 3.8) is 0 Å². The Bertz CT molecular complexity index is 379. The Hall–Kier alpha value is -1.06. The van der Waals surface area contributed by atoms with E-state index in [2.05, 4.69) is 19.0 Å². The summed E-state index contributed by atoms with van der Waals surface area (Å²) in [6.45, 7) is 4.73. The van der Waals surface area contributed by atoms with Gasteiger partial charge < -0.3 is 9.64 Å². The van der Waals surface area contributed by atoms with Gasteiger partial charge >= 0.3 is 5.97 Å². The maximum atomic E-state index is 11.8. The summed E-state index contributed by atoms with van der Waals surface area (Å²) in [4.78, 5) is 13.9. The van der Waals surface area contributed by atoms with Crippen LogP contribution in [0.25, 0.3) is 0 Å². The van der Waals surface area contributed by atoms with Crippen molar-refractivity contribution in [2.24, 2.45) is 5.92 Å². The lowest BCUT2D eigenvalue weighted by molar-refractivity contribution is -0.153. The number of hydrogen-bond donors (Lipinski definition) is 0. The average Bonchev–Trinajstić information content (AvgIpc) is 2.38. The predicted molar refractivity (Wildman–Crippen MR) is 85.1 cm³/mol. The van der Waals surface area contributed by atoms with Gasteiger partial charge in [0, 0.05) is 0 Å². The summed E-state index contributed by atoms with van der Waals surface area (Å²) in [6, 6.07) is 9.99. The molecule has 0 N–H and O–H groups in total. The van der Waals surface area contributed by atoms with Crippen molar-refractivity contribution in [3.05, 3.63) is 35.9 Å². The van der Waals surface area contributed by atoms with Gasteiger partial charge in [-0.2, -0.15) is 0 Å². The molecule has 0 amide bonds. The predicted octanol–water partition coefficient (Wildman–Crippen LogP) is 3.69. The fraction of sp³-hybridized carbons (Fsp3) is 0.562. The van der Waals surface area contributed by atoms with Crippen LogP contribution in [-0.2, 0) is 9.53 Å². The van der Waals surface area contributed by atoms with Crippen LogP contribution >= 0.6 is 12.4 Å². The van der Waals surface area contributed by atoms with Crippen LogP contribution < -0.4 is 0 Å². The van der Waals surface area contributed by atoms with E-state index in [1.165, 1.54) is 0 Å². The van der Waals surface area contributed by atoms with Gasteiger partial charge in [-0.15, -0.1) is 12.4 Å². The lowest BCUT2D eigenvalue weighted by atomic mass is 10.0. The maximum Gasteiger partial charge on any atom is 0.308 e. The van der Waals surface area contributed by atoms with Gasteiger partial charge in [-0.25, -0.2) is 0 Å². The third kappa shape index (κ3) is 6.92. The van der Waals surface area contributed by atoms with E-state index >= 15 is 0 Å². The van der Waals surface area contributed by atoms with Crippen molar-refractivity contribution < 1.29 is 9.53 Å². The minimum Gasteiger partial charge on any atom is -0.457 e. The van der Waals surface area contributed by atoms with Crippen LogP contribution in [0.3, 0.4) is 0 Å². The van der Waals surface area contributed by atoms with Crippen LogP contribution in [0.5, 0.6) is 0 Å². The van der Waals surface area contributed by atoms with Gasteiger partial charge in [0.1, 0.15) is 6.10 Å². The molecule has 0 aromatic heterocycles. The molecule has 0 fully saturated rings. The lowest BCUT2D eigenvalue weighted by Gasteiger charge is -2.20. The van der Waals surface area contributed by atoms with Crippen LogP contribution in [-0.4, -0.2) is 31.5 Å². The molecule has 20 heavy (non-hydrogen) atoms. The second-order valence-corrected chi connectivity index (χ2v) is 5.44. The van der Waals surface area contributed by atoms with E-state index in [1.54, 1.807) is 0 Å². The Labute approximate surface area is 128 Å². The van der Waals surface area contributed by atoms with Gasteiger partial charge in [0.15, 0.2) is 0 Å². The van der Waals surface area contributed by atoms with Gasteiger partial charge in [0.2, 0.25) is 0 Å². The summed E-state index contributed by atoms with van der Waals surface area (Å²) in [5.74, 6) is -0.209. The number of halogens is 1. The van der Waals surface area contributed by atoms with Crippen molar-refractivity contribution in [2.75, 3.05) is 20.6 Å². The number of carbonyl (C=O) groups excluding carboxylic acids is 1. The zero-order valence-corrected chi connectivity index (χ0v) is 13.7. The summed E-state index contributed by atoms with van der Waals surface area (Å²) in [6.07, 6.45) is 1.74. The molecule has 1 atom stereocenters. The van der Waals surface area contributed by atoms with Gasteiger partial charge in [-0.3, -0.25) is 4.79 Å². The summed E-state index contributed by atoms with van der Waals surface area (Å²) >= 11 is 0. The third-order valence-corrected chi connectivity index (χ3v) is 2.97. The highest BCUT2D eigenvalue weighted by Crippen LogP contribution is 2.24. The minimum absolute atomic E-state index is 0. The Balaban J connectivity index is 0.00000361. The van der Waals surface area contributed by atoms with E-state index in [0.29, 0.717) is 0 Å². The molecule has 3 nitrogen and oxygen atoms in total. The maximum absolute atomic E-state index is 11.8. The molecule has 0 aliphatic rings. The standard InChI is InChI=1S/C16H25NO2.ClH/c1-13(2)16(18)19-15(11-8-12-17(3)4)14-9-6-5-7-10-14;/h5-7,9-10,13,15H,8,11-12H2,1-4H3;1H. The fourth-order valence-corrected chi connectivity index (χ4v) is 1.83. The zero-order chi connectivity index (χ0) is 14.3. The molecule has 0 radical (unpaired) electrons. The largest absolute Gasteiger partial charge is 0.457 e. The number of benzene rings is 1. The highest BCUT2D eigenvalue weighted by atomic mass is 35.5. The lowest BCUT2D eigenvalue weighted by Crippen LogP contribution is -2.18. The average molecular weight is 300 g/mol. The smallest absolute Gasteiger partial charge is 0.308 e. The molecule has 0 bridgehead atoms. The molecule has 0 spiro atoms. The normalized spacial score (nSPS) is 12.1. The highest BCUT2D eigenvalue weighted by Gasteiger charge is 2.18. The summed E-state index contributed by atoms with van der Waals surface area (Å²) in [7, 11) is 4.11. The second-order valence-electron chi connectivity index (χ2n) is 5.44. The van der Waals surface area contributed by atoms with Gasteiger partial charge in [0.25, 0.3) is 0 Å². The molecule has 1 aromatic rings. The number of ether oxygens (including phenoxy) is 1. The summed E-state index contributed by atoms with van der Waals surface area (Å²) in [5, 5.41) is 0. The van der Waals surface area contributed by atoms with E-state index in [4.69, 9.17) is 4.74 Å². The van der Waals surface area contributed by atoms with Gasteiger partial charge in [-0.05, 0) is 39.0 Å². The molecular formula is C16H26ClNO2. The highest BCUT2D eigenvalue weighted by molar-refractivity contribution is 5.85. The van der Waals surface area contributed by atoms with Crippen molar-refractivity contribution in [1.29, 1.82) is 0 Å². The Morgan fingerprint density at radius 1 is 1.20 bits per heavy atom. The Morgan fingerprint density at radius 2 is 1.80 bits per heavy atom. The summed E-state index contributed by atoms with van der Waals surface area (Å²) in [5.41, 5.74) is 1.08. The van der Waals surface area contributed by atoms with E-state index in [9.17, 15) is 4.79 Å². The van der Waals surface area contributed by atoms with Crippen molar-refractivity contribution in [1.82, 2.24) is 4.90 Å². The number of esters is 1. The molecule has 1 unspecified atom stereocenters. The molecular weight excluding hydrogens is 274 g/mol. The monoisotopic (exact) mass is 299 g/mol. The van der Waals surface area contributed by atoms with Crippen LogP contribution in [0.15, 0.2) is 30.3 Å². The number of hydrogen-bond acceptors (Lipinski definition) is 3. The first-order chi connectivity index (χ1) is 9.00. The second kappa shape index (κ2) is 9.78. The first-order valence-electron chi connectivity index (χ1n) is 6.91. The van der Waals surface area contributed by atoms with Crippen molar-refractivity contribution >= 4 is 18.4 Å². The van der Waals surface area contributed by atoms with Crippen LogP contribution in [0.4, 0.5) is 0 Å². The van der Waals surface area contributed by atoms with Gasteiger partial charge in [-0.1, -0.05) is 44.2 Å².